The molecule has 0 saturated carbocycles. The summed E-state index contributed by atoms with van der Waals surface area (Å²) in [5.74, 6) is 0.400. The Morgan fingerprint density at radius 3 is 2.67 bits per heavy atom. The molecule has 2 aromatic carbocycles. The van der Waals surface area contributed by atoms with Crippen LogP contribution in [0.3, 0.4) is 0 Å². The Kier molecular flexibility index (Phi) is 5.53. The lowest BCUT2D eigenvalue weighted by Gasteiger charge is -2.17. The molecule has 0 bridgehead atoms. The van der Waals surface area contributed by atoms with Gasteiger partial charge in [-0.1, -0.05) is 41.9 Å². The summed E-state index contributed by atoms with van der Waals surface area (Å²) in [6.45, 7) is 0.602. The zero-order valence-electron chi connectivity index (χ0n) is 11.8. The van der Waals surface area contributed by atoms with Crippen LogP contribution in [0.25, 0.3) is 0 Å². The first-order valence-electron chi connectivity index (χ1n) is 6.52. The van der Waals surface area contributed by atoms with Crippen LogP contribution in [0.15, 0.2) is 53.4 Å². The molecule has 2 N–H and O–H groups in total. The number of benzene rings is 2. The van der Waals surface area contributed by atoms with E-state index in [1.807, 2.05) is 30.3 Å². The summed E-state index contributed by atoms with van der Waals surface area (Å²) in [6, 6.07) is 15.2. The molecule has 0 aromatic heterocycles. The van der Waals surface area contributed by atoms with Crippen LogP contribution < -0.4 is 5.73 Å². The van der Waals surface area contributed by atoms with Gasteiger partial charge >= 0.3 is 0 Å². The van der Waals surface area contributed by atoms with Crippen molar-refractivity contribution in [2.24, 2.45) is 0 Å². The first kappa shape index (κ1) is 15.7. The fraction of sp³-hybridized carbons (Fsp3) is 0.188. The molecule has 3 nitrogen and oxygen atoms in total. The Morgan fingerprint density at radius 1 is 1.24 bits per heavy atom. The molecule has 0 saturated heterocycles. The second-order valence-corrected chi connectivity index (χ2v) is 6.16. The number of carbonyl (C=O) groups excluding carboxylic acids is 1. The van der Waals surface area contributed by atoms with E-state index in [1.54, 1.807) is 30.1 Å². The van der Waals surface area contributed by atoms with E-state index in [4.69, 9.17) is 17.3 Å². The SMILES string of the molecule is CN(Cc1ccccc1)C(=O)CSc1cc(Cl)ccc1N. The minimum atomic E-state index is 0.0585. The highest BCUT2D eigenvalue weighted by Gasteiger charge is 2.11. The average Bonchev–Trinajstić information content (AvgIpc) is 2.49. The van der Waals surface area contributed by atoms with E-state index in [0.717, 1.165) is 10.5 Å². The number of thioether (sulfide) groups is 1. The van der Waals surface area contributed by atoms with Gasteiger partial charge in [0, 0.05) is 29.2 Å². The number of nitrogen functional groups attached to an aromatic ring is 1. The number of hydrogen-bond donors (Lipinski definition) is 1. The molecular formula is C16H17ClN2OS. The van der Waals surface area contributed by atoms with Gasteiger partial charge in [-0.05, 0) is 23.8 Å². The number of hydrogen-bond acceptors (Lipinski definition) is 3. The minimum absolute atomic E-state index is 0.0585. The predicted octanol–water partition coefficient (Wildman–Crippen LogP) is 3.67. The number of halogens is 1. The van der Waals surface area contributed by atoms with Crippen molar-refractivity contribution in [3.63, 3.8) is 0 Å². The standard InChI is InChI=1S/C16H17ClN2OS/c1-19(10-12-5-3-2-4-6-12)16(20)11-21-15-9-13(17)7-8-14(15)18/h2-9H,10-11,18H2,1H3. The lowest BCUT2D eigenvalue weighted by molar-refractivity contribution is -0.127. The molecule has 1 amide bonds. The summed E-state index contributed by atoms with van der Waals surface area (Å²) < 4.78 is 0. The molecule has 2 rings (SSSR count). The molecule has 110 valence electrons. The number of rotatable bonds is 5. The van der Waals surface area contributed by atoms with Gasteiger partial charge in [0.15, 0.2) is 0 Å². The summed E-state index contributed by atoms with van der Waals surface area (Å²) >= 11 is 7.35. The van der Waals surface area contributed by atoms with E-state index >= 15 is 0 Å². The molecule has 0 atom stereocenters. The molecule has 0 spiro atoms. The summed E-state index contributed by atoms with van der Waals surface area (Å²) in [6.07, 6.45) is 0. The van der Waals surface area contributed by atoms with Crippen molar-refractivity contribution < 1.29 is 4.79 Å². The molecule has 21 heavy (non-hydrogen) atoms. The number of anilines is 1. The maximum Gasteiger partial charge on any atom is 0.232 e. The van der Waals surface area contributed by atoms with Crippen molar-refractivity contribution in [1.82, 2.24) is 4.90 Å². The number of carbonyl (C=O) groups is 1. The fourth-order valence-corrected chi connectivity index (χ4v) is 3.01. The van der Waals surface area contributed by atoms with E-state index < -0.39 is 0 Å². The second kappa shape index (κ2) is 7.38. The van der Waals surface area contributed by atoms with Gasteiger partial charge in [0.05, 0.1) is 5.75 Å². The highest BCUT2D eigenvalue weighted by Crippen LogP contribution is 2.28. The fourth-order valence-electron chi connectivity index (χ4n) is 1.83. The van der Waals surface area contributed by atoms with Gasteiger partial charge in [-0.2, -0.15) is 0 Å². The van der Waals surface area contributed by atoms with Crippen LogP contribution in [0.2, 0.25) is 5.02 Å². The van der Waals surface area contributed by atoms with Crippen molar-refractivity contribution in [2.45, 2.75) is 11.4 Å². The maximum absolute atomic E-state index is 12.1. The zero-order chi connectivity index (χ0) is 15.2. The van der Waals surface area contributed by atoms with Crippen molar-refractivity contribution in [3.05, 3.63) is 59.1 Å². The topological polar surface area (TPSA) is 46.3 Å². The number of nitrogens with two attached hydrogens (primary N) is 1. The summed E-state index contributed by atoms with van der Waals surface area (Å²) in [5.41, 5.74) is 7.62. The first-order chi connectivity index (χ1) is 10.1. The Morgan fingerprint density at radius 2 is 1.95 bits per heavy atom. The summed E-state index contributed by atoms with van der Waals surface area (Å²) in [5, 5.41) is 0.622. The number of amides is 1. The van der Waals surface area contributed by atoms with E-state index in [-0.39, 0.29) is 5.91 Å². The summed E-state index contributed by atoms with van der Waals surface area (Å²) in [4.78, 5) is 14.7. The third-order valence-electron chi connectivity index (χ3n) is 3.02. The molecule has 0 radical (unpaired) electrons. The minimum Gasteiger partial charge on any atom is -0.398 e. The molecule has 0 aliphatic rings. The van der Waals surface area contributed by atoms with Gasteiger partial charge in [-0.15, -0.1) is 11.8 Å². The van der Waals surface area contributed by atoms with E-state index in [9.17, 15) is 4.79 Å². The maximum atomic E-state index is 12.1. The lowest BCUT2D eigenvalue weighted by atomic mass is 10.2. The average molecular weight is 321 g/mol. The second-order valence-electron chi connectivity index (χ2n) is 4.71. The normalized spacial score (nSPS) is 10.4. The van der Waals surface area contributed by atoms with Crippen molar-refractivity contribution in [2.75, 3.05) is 18.5 Å². The highest BCUT2D eigenvalue weighted by atomic mass is 35.5. The van der Waals surface area contributed by atoms with Crippen LogP contribution >= 0.6 is 23.4 Å². The molecule has 5 heteroatoms. The molecular weight excluding hydrogens is 304 g/mol. The van der Waals surface area contributed by atoms with Crippen LogP contribution in [0.5, 0.6) is 0 Å². The predicted molar refractivity (Wildman–Crippen MR) is 89.5 cm³/mol. The van der Waals surface area contributed by atoms with Crippen LogP contribution in [0.1, 0.15) is 5.56 Å². The van der Waals surface area contributed by atoms with Gasteiger partial charge in [0.25, 0.3) is 0 Å². The van der Waals surface area contributed by atoms with Gasteiger partial charge in [-0.25, -0.2) is 0 Å². The Bertz CT molecular complexity index is 619. The molecule has 0 aliphatic carbocycles. The molecule has 2 aromatic rings. The smallest absolute Gasteiger partial charge is 0.232 e. The van der Waals surface area contributed by atoms with Gasteiger partial charge < -0.3 is 10.6 Å². The first-order valence-corrected chi connectivity index (χ1v) is 7.88. The van der Waals surface area contributed by atoms with Crippen molar-refractivity contribution in [3.8, 4) is 0 Å². The Labute approximate surface area is 134 Å². The van der Waals surface area contributed by atoms with Gasteiger partial charge in [0.1, 0.15) is 0 Å². The highest BCUT2D eigenvalue weighted by molar-refractivity contribution is 8.00. The summed E-state index contributed by atoms with van der Waals surface area (Å²) in [7, 11) is 1.80. The van der Waals surface area contributed by atoms with E-state index in [1.165, 1.54) is 11.8 Å². The van der Waals surface area contributed by atoms with Crippen LogP contribution in [-0.2, 0) is 11.3 Å². The number of nitrogens with zero attached hydrogens (tertiary/aromatic N) is 1. The largest absolute Gasteiger partial charge is 0.398 e. The van der Waals surface area contributed by atoms with Crippen molar-refractivity contribution >= 4 is 35.0 Å². The molecule has 0 fully saturated rings. The third-order valence-corrected chi connectivity index (χ3v) is 4.31. The molecule has 0 heterocycles. The van der Waals surface area contributed by atoms with Gasteiger partial charge in [0.2, 0.25) is 5.91 Å². The molecule has 0 unspecified atom stereocenters. The third kappa shape index (κ3) is 4.69. The Hall–Kier alpha value is -1.65. The van der Waals surface area contributed by atoms with Crippen molar-refractivity contribution in [1.29, 1.82) is 0 Å². The lowest BCUT2D eigenvalue weighted by Crippen LogP contribution is -2.27. The Balaban J connectivity index is 1.91. The van der Waals surface area contributed by atoms with Gasteiger partial charge in [-0.3, -0.25) is 4.79 Å². The monoisotopic (exact) mass is 320 g/mol. The zero-order valence-corrected chi connectivity index (χ0v) is 13.3. The van der Waals surface area contributed by atoms with Crippen LogP contribution in [0, 0.1) is 0 Å². The van der Waals surface area contributed by atoms with Crippen LogP contribution in [-0.4, -0.2) is 23.6 Å². The quantitative estimate of drug-likeness (QED) is 0.675. The van der Waals surface area contributed by atoms with E-state index in [0.29, 0.717) is 23.0 Å². The van der Waals surface area contributed by atoms with E-state index in [2.05, 4.69) is 0 Å². The molecule has 0 aliphatic heterocycles. The van der Waals surface area contributed by atoms with Crippen LogP contribution in [0.4, 0.5) is 5.69 Å².